The predicted octanol–water partition coefficient (Wildman–Crippen LogP) is -1.73. The van der Waals surface area contributed by atoms with Gasteiger partial charge in [-0.1, -0.05) is 0 Å². The van der Waals surface area contributed by atoms with E-state index in [1.54, 1.807) is 14.1 Å². The highest BCUT2D eigenvalue weighted by Gasteiger charge is 2.56. The summed E-state index contributed by atoms with van der Waals surface area (Å²) in [5, 5.41) is 18.3. The number of rotatable bonds is 2. The van der Waals surface area contributed by atoms with Crippen molar-refractivity contribution in [1.29, 1.82) is 0 Å². The average Bonchev–Trinajstić information content (AvgIpc) is 2.67. The van der Waals surface area contributed by atoms with E-state index >= 15 is 0 Å². The molecule has 0 aliphatic carbocycles. The molecule has 16 heavy (non-hydrogen) atoms. The summed E-state index contributed by atoms with van der Waals surface area (Å²) in [6.07, 6.45) is -1.11. The van der Waals surface area contributed by atoms with Gasteiger partial charge < -0.3 is 20.0 Å². The molecule has 2 N–H and O–H groups in total. The molecule has 0 unspecified atom stereocenters. The number of urea groups is 2. The molecule has 2 atom stereocenters. The fourth-order valence-corrected chi connectivity index (χ4v) is 2.29. The lowest BCUT2D eigenvalue weighted by Gasteiger charge is -2.24. The van der Waals surface area contributed by atoms with Gasteiger partial charge in [0.15, 0.2) is 12.3 Å². The minimum Gasteiger partial charge on any atom is -0.376 e. The standard InChI is InChI=1S/C8H14N4O4/c1-9-5-6(10(2)7(9)15)12(4-14)8(16)11(5)3-13/h5-6,13-14H,3-4H2,1-2H3/t5-,6+. The van der Waals surface area contributed by atoms with Crippen LogP contribution >= 0.6 is 0 Å². The fraction of sp³-hybridized carbons (Fsp3) is 0.750. The zero-order valence-electron chi connectivity index (χ0n) is 9.07. The van der Waals surface area contributed by atoms with Gasteiger partial charge in [-0.05, 0) is 0 Å². The summed E-state index contributed by atoms with van der Waals surface area (Å²) in [4.78, 5) is 28.4. The largest absolute Gasteiger partial charge is 0.376 e. The molecular weight excluding hydrogens is 216 g/mol. The van der Waals surface area contributed by atoms with Crippen LogP contribution in [-0.2, 0) is 0 Å². The lowest BCUT2D eigenvalue weighted by molar-refractivity contribution is 0.0646. The van der Waals surface area contributed by atoms with Crippen molar-refractivity contribution in [2.24, 2.45) is 0 Å². The van der Waals surface area contributed by atoms with Crippen molar-refractivity contribution in [3.63, 3.8) is 0 Å². The van der Waals surface area contributed by atoms with Crippen LogP contribution in [0.4, 0.5) is 9.59 Å². The molecule has 2 fully saturated rings. The number of aliphatic hydroxyl groups is 2. The Morgan fingerprint density at radius 1 is 0.938 bits per heavy atom. The Balaban J connectivity index is 2.38. The molecular formula is C8H14N4O4. The van der Waals surface area contributed by atoms with Gasteiger partial charge in [0.05, 0.1) is 0 Å². The monoisotopic (exact) mass is 230 g/mol. The van der Waals surface area contributed by atoms with Crippen molar-refractivity contribution in [3.8, 4) is 0 Å². The minimum absolute atomic E-state index is 0.251. The van der Waals surface area contributed by atoms with Crippen molar-refractivity contribution in [3.05, 3.63) is 0 Å². The van der Waals surface area contributed by atoms with Gasteiger partial charge in [-0.25, -0.2) is 9.59 Å². The van der Waals surface area contributed by atoms with E-state index in [0.29, 0.717) is 0 Å². The van der Waals surface area contributed by atoms with E-state index in [-0.39, 0.29) is 6.03 Å². The van der Waals surface area contributed by atoms with E-state index in [9.17, 15) is 9.59 Å². The minimum atomic E-state index is -0.554. The highest BCUT2D eigenvalue weighted by atomic mass is 16.3. The lowest BCUT2D eigenvalue weighted by atomic mass is 10.3. The first-order valence-electron chi connectivity index (χ1n) is 4.83. The lowest BCUT2D eigenvalue weighted by Crippen LogP contribution is -2.45. The number of nitrogens with zero attached hydrogens (tertiary/aromatic N) is 4. The number of aliphatic hydroxyl groups excluding tert-OH is 2. The molecule has 0 bridgehead atoms. The second-order valence-corrected chi connectivity index (χ2v) is 3.84. The number of carbonyl (C=O) groups is 2. The van der Waals surface area contributed by atoms with Crippen molar-refractivity contribution in [2.45, 2.75) is 12.3 Å². The quantitative estimate of drug-likeness (QED) is 0.590. The highest BCUT2D eigenvalue weighted by molar-refractivity contribution is 5.84. The molecule has 2 heterocycles. The van der Waals surface area contributed by atoms with Crippen LogP contribution in [0.15, 0.2) is 0 Å². The van der Waals surface area contributed by atoms with Crippen LogP contribution in [0.3, 0.4) is 0 Å². The molecule has 8 heteroatoms. The fourth-order valence-electron chi connectivity index (χ4n) is 2.29. The number of likely N-dealkylation sites (N-methyl/N-ethyl adjacent to an activating group) is 2. The Bertz CT molecular complexity index is 308. The summed E-state index contributed by atoms with van der Waals surface area (Å²) in [6.45, 7) is -0.968. The van der Waals surface area contributed by atoms with Gasteiger partial charge in [0.2, 0.25) is 0 Å². The van der Waals surface area contributed by atoms with Crippen molar-refractivity contribution < 1.29 is 19.8 Å². The van der Waals surface area contributed by atoms with E-state index < -0.39 is 31.8 Å². The Hall–Kier alpha value is -1.54. The third kappa shape index (κ3) is 1.11. The Morgan fingerprint density at radius 3 is 1.62 bits per heavy atom. The topological polar surface area (TPSA) is 87.6 Å². The van der Waals surface area contributed by atoms with Crippen LogP contribution in [0.1, 0.15) is 0 Å². The van der Waals surface area contributed by atoms with Gasteiger partial charge in [0.25, 0.3) is 0 Å². The van der Waals surface area contributed by atoms with E-state index in [1.807, 2.05) is 0 Å². The van der Waals surface area contributed by atoms with Gasteiger partial charge in [0.1, 0.15) is 13.5 Å². The Morgan fingerprint density at radius 2 is 1.31 bits per heavy atom. The second kappa shape index (κ2) is 3.49. The van der Waals surface area contributed by atoms with E-state index in [1.165, 1.54) is 9.80 Å². The van der Waals surface area contributed by atoms with Gasteiger partial charge in [0, 0.05) is 14.1 Å². The van der Waals surface area contributed by atoms with Crippen LogP contribution in [0.5, 0.6) is 0 Å². The average molecular weight is 230 g/mol. The first-order chi connectivity index (χ1) is 7.54. The number of hydrogen-bond acceptors (Lipinski definition) is 4. The first kappa shape index (κ1) is 11.0. The highest BCUT2D eigenvalue weighted by Crippen LogP contribution is 2.31. The van der Waals surface area contributed by atoms with Crippen LogP contribution in [0.25, 0.3) is 0 Å². The SMILES string of the molecule is CN1C(=O)N(C)[C@@H]2[C@H]1N(CO)C(=O)N2CO. The smallest absolute Gasteiger partial charge is 0.327 e. The summed E-state index contributed by atoms with van der Waals surface area (Å²) in [5.74, 6) is 0. The Labute approximate surface area is 92.2 Å². The van der Waals surface area contributed by atoms with Crippen LogP contribution < -0.4 is 0 Å². The number of amides is 4. The molecule has 2 saturated heterocycles. The molecule has 4 amide bonds. The molecule has 0 spiro atoms. The van der Waals surface area contributed by atoms with Gasteiger partial charge in [-0.15, -0.1) is 0 Å². The summed E-state index contributed by atoms with van der Waals surface area (Å²) in [6, 6.07) is -0.731. The normalized spacial score (nSPS) is 29.5. The number of hydrogen-bond donors (Lipinski definition) is 2. The maximum Gasteiger partial charge on any atom is 0.327 e. The van der Waals surface area contributed by atoms with Crippen LogP contribution in [-0.4, -0.2) is 81.8 Å². The molecule has 8 nitrogen and oxygen atoms in total. The third-order valence-corrected chi connectivity index (χ3v) is 3.10. The summed E-state index contributed by atoms with van der Waals surface area (Å²) >= 11 is 0. The zero-order chi connectivity index (χ0) is 12.0. The van der Waals surface area contributed by atoms with Crippen molar-refractivity contribution in [2.75, 3.05) is 27.6 Å². The van der Waals surface area contributed by atoms with Gasteiger partial charge >= 0.3 is 12.1 Å². The predicted molar refractivity (Wildman–Crippen MR) is 51.7 cm³/mol. The molecule has 2 aliphatic heterocycles. The zero-order valence-corrected chi connectivity index (χ0v) is 9.07. The maximum atomic E-state index is 11.7. The van der Waals surface area contributed by atoms with Gasteiger partial charge in [-0.2, -0.15) is 0 Å². The summed E-state index contributed by atoms with van der Waals surface area (Å²) in [5.41, 5.74) is 0. The molecule has 2 aliphatic rings. The molecule has 0 saturated carbocycles. The molecule has 0 radical (unpaired) electrons. The van der Waals surface area contributed by atoms with E-state index in [4.69, 9.17) is 10.2 Å². The molecule has 0 aromatic heterocycles. The summed E-state index contributed by atoms with van der Waals surface area (Å²) < 4.78 is 0. The van der Waals surface area contributed by atoms with Gasteiger partial charge in [-0.3, -0.25) is 9.80 Å². The molecule has 0 aromatic rings. The second-order valence-electron chi connectivity index (χ2n) is 3.84. The molecule has 90 valence electrons. The maximum absolute atomic E-state index is 11.7. The van der Waals surface area contributed by atoms with Crippen LogP contribution in [0, 0.1) is 0 Å². The van der Waals surface area contributed by atoms with Crippen molar-refractivity contribution in [1.82, 2.24) is 19.6 Å². The molecule has 0 aromatic carbocycles. The first-order valence-corrected chi connectivity index (χ1v) is 4.83. The van der Waals surface area contributed by atoms with Crippen molar-refractivity contribution >= 4 is 12.1 Å². The van der Waals surface area contributed by atoms with Crippen LogP contribution in [0.2, 0.25) is 0 Å². The summed E-state index contributed by atoms with van der Waals surface area (Å²) in [7, 11) is 3.11. The van der Waals surface area contributed by atoms with E-state index in [2.05, 4.69) is 0 Å². The van der Waals surface area contributed by atoms with E-state index in [0.717, 1.165) is 9.80 Å². The number of carbonyl (C=O) groups excluding carboxylic acids is 2. The third-order valence-electron chi connectivity index (χ3n) is 3.10. The molecule has 2 rings (SSSR count). The Kier molecular flexibility index (Phi) is 2.39. The number of fused-ring (bicyclic) bond motifs is 1.